The average Bonchev–Trinajstić information content (AvgIpc) is 2.74. The van der Waals surface area contributed by atoms with Crippen molar-refractivity contribution in [3.63, 3.8) is 0 Å². The van der Waals surface area contributed by atoms with Gasteiger partial charge < -0.3 is 5.32 Å². The number of anilines is 2. The van der Waals surface area contributed by atoms with Gasteiger partial charge >= 0.3 is 0 Å². The van der Waals surface area contributed by atoms with Crippen molar-refractivity contribution in [1.82, 2.24) is 0 Å². The molecule has 2 aromatic rings. The fourth-order valence-electron chi connectivity index (χ4n) is 2.41. The number of hydrogen-bond acceptors (Lipinski definition) is 4. The Morgan fingerprint density at radius 2 is 1.83 bits per heavy atom. The summed E-state index contributed by atoms with van der Waals surface area (Å²) in [7, 11) is -2.17. The maximum atomic E-state index is 12.9. The summed E-state index contributed by atoms with van der Waals surface area (Å²) >= 11 is 1.55. The first kappa shape index (κ1) is 16.9. The topological polar surface area (TPSA) is 66.5 Å². The van der Waals surface area contributed by atoms with Crippen LogP contribution in [0.4, 0.5) is 11.4 Å². The van der Waals surface area contributed by atoms with Gasteiger partial charge in [-0.3, -0.25) is 9.10 Å². The molecular weight excluding hydrogens is 344 g/mol. The molecule has 1 aliphatic heterocycles. The molecule has 0 bridgehead atoms. The van der Waals surface area contributed by atoms with E-state index in [1.807, 2.05) is 19.1 Å². The van der Waals surface area contributed by atoms with Gasteiger partial charge in [0.25, 0.3) is 10.0 Å². The van der Waals surface area contributed by atoms with Crippen LogP contribution in [0.3, 0.4) is 0 Å². The average molecular weight is 362 g/mol. The van der Waals surface area contributed by atoms with Crippen molar-refractivity contribution in [2.24, 2.45) is 0 Å². The molecule has 0 spiro atoms. The molecule has 0 aliphatic carbocycles. The van der Waals surface area contributed by atoms with Crippen LogP contribution < -0.4 is 9.62 Å². The maximum Gasteiger partial charge on any atom is 0.264 e. The van der Waals surface area contributed by atoms with E-state index >= 15 is 0 Å². The van der Waals surface area contributed by atoms with E-state index in [9.17, 15) is 13.2 Å². The van der Waals surface area contributed by atoms with Crippen LogP contribution in [0.1, 0.15) is 12.0 Å². The quantitative estimate of drug-likeness (QED) is 0.910. The van der Waals surface area contributed by atoms with Gasteiger partial charge in [-0.1, -0.05) is 17.7 Å². The van der Waals surface area contributed by atoms with E-state index in [4.69, 9.17) is 0 Å². The minimum absolute atomic E-state index is 0.0947. The summed E-state index contributed by atoms with van der Waals surface area (Å²) in [5.41, 5.74) is 2.21. The van der Waals surface area contributed by atoms with Crippen molar-refractivity contribution >= 4 is 39.1 Å². The van der Waals surface area contributed by atoms with Crippen LogP contribution in [0.5, 0.6) is 0 Å². The van der Waals surface area contributed by atoms with Gasteiger partial charge in [0.2, 0.25) is 5.91 Å². The lowest BCUT2D eigenvalue weighted by Crippen LogP contribution is -2.26. The molecule has 5 nitrogen and oxygen atoms in total. The fourth-order valence-corrected chi connectivity index (χ4v) is 4.57. The molecular formula is C17H18N2O3S2. The summed E-state index contributed by atoms with van der Waals surface area (Å²) < 4.78 is 27.0. The largest absolute Gasteiger partial charge is 0.325 e. The standard InChI is InChI=1S/C17H18N2O3S2/c1-12-3-5-13(6-4-12)19(2)24(21,22)14-7-8-16-15(11-14)18-17(20)9-10-23-16/h3-8,11H,9-10H2,1-2H3,(H,18,20). The van der Waals surface area contributed by atoms with Crippen molar-refractivity contribution in [3.8, 4) is 0 Å². The zero-order chi connectivity index (χ0) is 17.3. The lowest BCUT2D eigenvalue weighted by Gasteiger charge is -2.20. The van der Waals surface area contributed by atoms with Crippen LogP contribution in [-0.2, 0) is 14.8 Å². The van der Waals surface area contributed by atoms with Crippen molar-refractivity contribution in [2.75, 3.05) is 22.4 Å². The number of carbonyl (C=O) groups excluding carboxylic acids is 1. The Kier molecular flexibility index (Phi) is 4.56. The van der Waals surface area contributed by atoms with E-state index in [0.29, 0.717) is 23.5 Å². The zero-order valence-corrected chi connectivity index (χ0v) is 15.1. The Morgan fingerprint density at radius 3 is 2.54 bits per heavy atom. The molecule has 2 aromatic carbocycles. The first-order valence-electron chi connectivity index (χ1n) is 7.50. The van der Waals surface area contributed by atoms with E-state index in [1.165, 1.54) is 17.4 Å². The lowest BCUT2D eigenvalue weighted by molar-refractivity contribution is -0.115. The van der Waals surface area contributed by atoms with E-state index < -0.39 is 10.0 Å². The molecule has 0 radical (unpaired) electrons. The van der Waals surface area contributed by atoms with Crippen LogP contribution in [0.25, 0.3) is 0 Å². The minimum Gasteiger partial charge on any atom is -0.325 e. The van der Waals surface area contributed by atoms with Gasteiger partial charge in [0.1, 0.15) is 0 Å². The molecule has 0 aromatic heterocycles. The lowest BCUT2D eigenvalue weighted by atomic mass is 10.2. The third kappa shape index (κ3) is 3.27. The summed E-state index contributed by atoms with van der Waals surface area (Å²) in [5, 5.41) is 2.78. The van der Waals surface area contributed by atoms with E-state index in [2.05, 4.69) is 5.32 Å². The highest BCUT2D eigenvalue weighted by Crippen LogP contribution is 2.33. The fraction of sp³-hybridized carbons (Fsp3) is 0.235. The highest BCUT2D eigenvalue weighted by atomic mass is 32.2. The molecule has 1 aliphatic rings. The monoisotopic (exact) mass is 362 g/mol. The van der Waals surface area contributed by atoms with Crippen molar-refractivity contribution in [1.29, 1.82) is 0 Å². The first-order valence-corrected chi connectivity index (χ1v) is 9.93. The highest BCUT2D eigenvalue weighted by Gasteiger charge is 2.23. The number of thioether (sulfide) groups is 1. The van der Waals surface area contributed by atoms with Crippen LogP contribution in [-0.4, -0.2) is 27.1 Å². The van der Waals surface area contributed by atoms with Crippen LogP contribution in [0.15, 0.2) is 52.3 Å². The molecule has 24 heavy (non-hydrogen) atoms. The van der Waals surface area contributed by atoms with Gasteiger partial charge in [-0.05, 0) is 37.3 Å². The molecule has 7 heteroatoms. The summed E-state index contributed by atoms with van der Waals surface area (Å²) in [5.74, 6) is 0.594. The van der Waals surface area contributed by atoms with E-state index in [0.717, 1.165) is 10.5 Å². The number of aryl methyl sites for hydroxylation is 1. The van der Waals surface area contributed by atoms with Gasteiger partial charge in [0.05, 0.1) is 16.3 Å². The molecule has 0 unspecified atom stereocenters. The molecule has 0 fully saturated rings. The van der Waals surface area contributed by atoms with Crippen molar-refractivity contribution < 1.29 is 13.2 Å². The Labute approximate surface area is 146 Å². The van der Waals surface area contributed by atoms with Gasteiger partial charge in [-0.15, -0.1) is 11.8 Å². The summed E-state index contributed by atoms with van der Waals surface area (Å²) in [6.07, 6.45) is 0.421. The number of sulfonamides is 1. The number of nitrogens with zero attached hydrogens (tertiary/aromatic N) is 1. The van der Waals surface area contributed by atoms with Crippen LogP contribution in [0.2, 0.25) is 0 Å². The maximum absolute atomic E-state index is 12.9. The number of rotatable bonds is 3. The van der Waals surface area contributed by atoms with Gasteiger partial charge in [-0.25, -0.2) is 8.42 Å². The predicted octanol–water partition coefficient (Wildman–Crippen LogP) is 3.25. The SMILES string of the molecule is Cc1ccc(N(C)S(=O)(=O)c2ccc3c(c2)NC(=O)CCS3)cc1. The molecule has 1 heterocycles. The molecule has 0 saturated heterocycles. The predicted molar refractivity (Wildman–Crippen MR) is 97.2 cm³/mol. The van der Waals surface area contributed by atoms with Crippen molar-refractivity contribution in [2.45, 2.75) is 23.1 Å². The van der Waals surface area contributed by atoms with Gasteiger partial charge in [0, 0.05) is 24.1 Å². The number of carbonyl (C=O) groups is 1. The van der Waals surface area contributed by atoms with Gasteiger partial charge in [0.15, 0.2) is 0 Å². The number of hydrogen-bond donors (Lipinski definition) is 1. The normalized spacial score (nSPS) is 14.5. The minimum atomic E-state index is -3.69. The Hall–Kier alpha value is -1.99. The van der Waals surface area contributed by atoms with Crippen LogP contribution in [0, 0.1) is 6.92 Å². The first-order chi connectivity index (χ1) is 11.4. The molecule has 1 N–H and O–H groups in total. The third-order valence-corrected chi connectivity index (χ3v) is 6.72. The molecule has 1 amide bonds. The molecule has 0 saturated carbocycles. The summed E-state index contributed by atoms with van der Waals surface area (Å²) in [4.78, 5) is 12.8. The second kappa shape index (κ2) is 6.49. The Bertz CT molecular complexity index is 877. The Morgan fingerprint density at radius 1 is 1.12 bits per heavy atom. The molecule has 3 rings (SSSR count). The molecule has 0 atom stereocenters. The second-order valence-electron chi connectivity index (χ2n) is 5.61. The second-order valence-corrected chi connectivity index (χ2v) is 8.72. The smallest absolute Gasteiger partial charge is 0.264 e. The summed E-state index contributed by atoms with van der Waals surface area (Å²) in [6.45, 7) is 1.95. The van der Waals surface area contributed by atoms with E-state index in [1.54, 1.807) is 36.0 Å². The summed E-state index contributed by atoms with van der Waals surface area (Å²) in [6, 6.07) is 12.2. The Balaban J connectivity index is 1.98. The van der Waals surface area contributed by atoms with Crippen molar-refractivity contribution in [3.05, 3.63) is 48.0 Å². The highest BCUT2D eigenvalue weighted by molar-refractivity contribution is 7.99. The number of amides is 1. The number of nitrogens with one attached hydrogen (secondary N) is 1. The number of fused-ring (bicyclic) bond motifs is 1. The van der Waals surface area contributed by atoms with Gasteiger partial charge in [-0.2, -0.15) is 0 Å². The van der Waals surface area contributed by atoms with E-state index in [-0.39, 0.29) is 10.8 Å². The number of benzene rings is 2. The van der Waals surface area contributed by atoms with Crippen LogP contribution >= 0.6 is 11.8 Å². The molecule has 126 valence electrons. The third-order valence-electron chi connectivity index (χ3n) is 3.87. The zero-order valence-electron chi connectivity index (χ0n) is 13.4.